The lowest BCUT2D eigenvalue weighted by molar-refractivity contribution is 0.0858. The molecule has 1 amide bonds. The smallest absolute Gasteiger partial charge is 0.251 e. The number of aromatic hydroxyl groups is 1. The van der Waals surface area contributed by atoms with Crippen molar-refractivity contribution in [3.8, 4) is 34.1 Å². The van der Waals surface area contributed by atoms with Crippen LogP contribution in [0.5, 0.6) is 11.6 Å². The summed E-state index contributed by atoms with van der Waals surface area (Å²) in [5.41, 5.74) is 4.11. The van der Waals surface area contributed by atoms with E-state index < -0.39 is 0 Å². The van der Waals surface area contributed by atoms with Crippen molar-refractivity contribution in [1.82, 2.24) is 20.3 Å². The molecule has 168 valence electrons. The molecule has 5 rings (SSSR count). The SMILES string of the molecule is COc1ncccc1-c1ccc(O)c(-c2nc3cc(C(=O)NC[C@@H]4CCCO4)ccc3[nH]2)c1. The molecular weight excluding hydrogens is 420 g/mol. The number of phenols is 1. The molecular formula is C25H24N4O4. The number of pyridine rings is 1. The molecule has 8 heteroatoms. The second-order valence-electron chi connectivity index (χ2n) is 7.95. The van der Waals surface area contributed by atoms with Gasteiger partial charge in [-0.2, -0.15) is 0 Å². The number of methoxy groups -OCH3 is 1. The van der Waals surface area contributed by atoms with Crippen molar-refractivity contribution >= 4 is 16.9 Å². The molecule has 4 aromatic rings. The third kappa shape index (κ3) is 4.25. The monoisotopic (exact) mass is 444 g/mol. The minimum absolute atomic E-state index is 0.0864. The number of aromatic nitrogens is 3. The van der Waals surface area contributed by atoms with Gasteiger partial charge in [-0.1, -0.05) is 6.07 Å². The fourth-order valence-electron chi connectivity index (χ4n) is 4.05. The van der Waals surface area contributed by atoms with E-state index in [9.17, 15) is 9.90 Å². The predicted molar refractivity (Wildman–Crippen MR) is 124 cm³/mol. The first-order valence-electron chi connectivity index (χ1n) is 10.8. The van der Waals surface area contributed by atoms with Crippen LogP contribution in [0.2, 0.25) is 0 Å². The maximum Gasteiger partial charge on any atom is 0.251 e. The van der Waals surface area contributed by atoms with E-state index in [1.54, 1.807) is 37.6 Å². The third-order valence-electron chi connectivity index (χ3n) is 5.79. The number of aromatic amines is 1. The second-order valence-corrected chi connectivity index (χ2v) is 7.95. The fourth-order valence-corrected chi connectivity index (χ4v) is 4.05. The highest BCUT2D eigenvalue weighted by atomic mass is 16.5. The van der Waals surface area contributed by atoms with Gasteiger partial charge in [0, 0.05) is 30.5 Å². The first kappa shape index (κ1) is 21.0. The van der Waals surface area contributed by atoms with Gasteiger partial charge in [-0.15, -0.1) is 0 Å². The first-order chi connectivity index (χ1) is 16.1. The number of nitrogens with one attached hydrogen (secondary N) is 2. The molecule has 8 nitrogen and oxygen atoms in total. The number of H-pyrrole nitrogens is 1. The minimum atomic E-state index is -0.162. The molecule has 1 aliphatic rings. The van der Waals surface area contributed by atoms with Crippen molar-refractivity contribution in [3.05, 3.63) is 60.3 Å². The summed E-state index contributed by atoms with van der Waals surface area (Å²) in [6, 6.07) is 14.3. The van der Waals surface area contributed by atoms with Crippen LogP contribution < -0.4 is 10.1 Å². The van der Waals surface area contributed by atoms with Gasteiger partial charge in [-0.25, -0.2) is 9.97 Å². The fraction of sp³-hybridized carbons (Fsp3) is 0.240. The number of hydrogen-bond acceptors (Lipinski definition) is 6. The van der Waals surface area contributed by atoms with E-state index in [0.717, 1.165) is 36.1 Å². The average molecular weight is 444 g/mol. The predicted octanol–water partition coefficient (Wildman–Crippen LogP) is 3.91. The Bertz CT molecular complexity index is 1310. The summed E-state index contributed by atoms with van der Waals surface area (Å²) in [5.74, 6) is 0.933. The number of nitrogens with zero attached hydrogens (tertiary/aromatic N) is 2. The van der Waals surface area contributed by atoms with Crippen molar-refractivity contribution < 1.29 is 19.4 Å². The highest BCUT2D eigenvalue weighted by Crippen LogP contribution is 2.35. The van der Waals surface area contributed by atoms with Crippen molar-refractivity contribution in [2.24, 2.45) is 0 Å². The van der Waals surface area contributed by atoms with Gasteiger partial charge in [0.1, 0.15) is 11.6 Å². The second kappa shape index (κ2) is 8.91. The number of imidazole rings is 1. The Morgan fingerprint density at radius 2 is 2.15 bits per heavy atom. The lowest BCUT2D eigenvalue weighted by Gasteiger charge is -2.10. The van der Waals surface area contributed by atoms with Crippen LogP contribution in [0.15, 0.2) is 54.7 Å². The number of phenolic OH excluding ortho intramolecular Hbond substituents is 1. The van der Waals surface area contributed by atoms with Crippen LogP contribution in [0.1, 0.15) is 23.2 Å². The van der Waals surface area contributed by atoms with Crippen LogP contribution in [0.25, 0.3) is 33.5 Å². The molecule has 1 atom stereocenters. The number of fused-ring (bicyclic) bond motifs is 1. The molecule has 0 bridgehead atoms. The molecule has 0 radical (unpaired) electrons. The largest absolute Gasteiger partial charge is 0.507 e. The van der Waals surface area contributed by atoms with Crippen molar-refractivity contribution in [2.45, 2.75) is 18.9 Å². The van der Waals surface area contributed by atoms with E-state index in [4.69, 9.17) is 9.47 Å². The van der Waals surface area contributed by atoms with Crippen LogP contribution in [0, 0.1) is 0 Å². The van der Waals surface area contributed by atoms with E-state index in [2.05, 4.69) is 20.3 Å². The normalized spacial score (nSPS) is 15.6. The lowest BCUT2D eigenvalue weighted by atomic mass is 10.0. The number of carbonyl (C=O) groups is 1. The summed E-state index contributed by atoms with van der Waals surface area (Å²) in [6.45, 7) is 1.26. The number of benzene rings is 2. The number of carbonyl (C=O) groups excluding carboxylic acids is 1. The average Bonchev–Trinajstić information content (AvgIpc) is 3.52. The van der Waals surface area contributed by atoms with E-state index in [-0.39, 0.29) is 17.8 Å². The molecule has 2 aromatic carbocycles. The zero-order valence-electron chi connectivity index (χ0n) is 18.2. The molecule has 1 fully saturated rings. The van der Waals surface area contributed by atoms with Gasteiger partial charge < -0.3 is 24.9 Å². The van der Waals surface area contributed by atoms with Crippen LogP contribution >= 0.6 is 0 Å². The topological polar surface area (TPSA) is 109 Å². The summed E-state index contributed by atoms with van der Waals surface area (Å²) < 4.78 is 10.9. The van der Waals surface area contributed by atoms with Gasteiger partial charge in [0.2, 0.25) is 5.88 Å². The number of rotatable bonds is 6. The Hall–Kier alpha value is -3.91. The number of amides is 1. The van der Waals surface area contributed by atoms with Crippen LogP contribution in [0.4, 0.5) is 0 Å². The Labute approximate surface area is 190 Å². The zero-order chi connectivity index (χ0) is 22.8. The summed E-state index contributed by atoms with van der Waals surface area (Å²) in [6.07, 6.45) is 3.75. The molecule has 0 saturated carbocycles. The lowest BCUT2D eigenvalue weighted by Crippen LogP contribution is -2.31. The quantitative estimate of drug-likeness (QED) is 0.416. The maximum atomic E-state index is 12.6. The highest BCUT2D eigenvalue weighted by molar-refractivity contribution is 5.97. The highest BCUT2D eigenvalue weighted by Gasteiger charge is 2.18. The molecule has 33 heavy (non-hydrogen) atoms. The van der Waals surface area contributed by atoms with Gasteiger partial charge in [0.15, 0.2) is 0 Å². The van der Waals surface area contributed by atoms with Crippen molar-refractivity contribution in [1.29, 1.82) is 0 Å². The third-order valence-corrected chi connectivity index (χ3v) is 5.79. The van der Waals surface area contributed by atoms with E-state index in [0.29, 0.717) is 34.9 Å². The van der Waals surface area contributed by atoms with Crippen LogP contribution in [0.3, 0.4) is 0 Å². The first-order valence-corrected chi connectivity index (χ1v) is 10.8. The Morgan fingerprint density at radius 1 is 1.24 bits per heavy atom. The molecule has 3 N–H and O–H groups in total. The maximum absolute atomic E-state index is 12.6. The van der Waals surface area contributed by atoms with Crippen molar-refractivity contribution in [2.75, 3.05) is 20.3 Å². The van der Waals surface area contributed by atoms with Gasteiger partial charge in [0.25, 0.3) is 5.91 Å². The van der Waals surface area contributed by atoms with Gasteiger partial charge in [-0.3, -0.25) is 4.79 Å². The van der Waals surface area contributed by atoms with Gasteiger partial charge >= 0.3 is 0 Å². The summed E-state index contributed by atoms with van der Waals surface area (Å²) >= 11 is 0. The van der Waals surface area contributed by atoms with Crippen LogP contribution in [-0.4, -0.2) is 52.3 Å². The van der Waals surface area contributed by atoms with E-state index >= 15 is 0 Å². The number of hydrogen-bond donors (Lipinski definition) is 3. The Kier molecular flexibility index (Phi) is 5.66. The molecule has 0 unspecified atom stereocenters. The van der Waals surface area contributed by atoms with Gasteiger partial charge in [-0.05, 0) is 60.9 Å². The standard InChI is InChI=1S/C25H24N4O4/c1-32-25-18(5-2-10-26-25)15-7-9-22(30)19(12-15)23-28-20-8-6-16(13-21(20)29-23)24(31)27-14-17-4-3-11-33-17/h2,5-10,12-13,17,30H,3-4,11,14H2,1H3,(H,27,31)(H,28,29)/t17-/m0/s1. The molecule has 1 aliphatic heterocycles. The summed E-state index contributed by atoms with van der Waals surface area (Å²) in [7, 11) is 1.57. The molecule has 0 spiro atoms. The Morgan fingerprint density at radius 3 is 2.97 bits per heavy atom. The Balaban J connectivity index is 1.43. The van der Waals surface area contributed by atoms with Crippen molar-refractivity contribution in [3.63, 3.8) is 0 Å². The zero-order valence-corrected chi connectivity index (χ0v) is 18.2. The van der Waals surface area contributed by atoms with E-state index in [1.165, 1.54) is 0 Å². The molecule has 1 saturated heterocycles. The number of ether oxygens (including phenoxy) is 2. The summed E-state index contributed by atoms with van der Waals surface area (Å²) in [4.78, 5) is 24.7. The molecule has 2 aromatic heterocycles. The van der Waals surface area contributed by atoms with E-state index in [1.807, 2.05) is 24.3 Å². The summed E-state index contributed by atoms with van der Waals surface area (Å²) in [5, 5.41) is 13.5. The molecule has 3 heterocycles. The molecule has 0 aliphatic carbocycles. The van der Waals surface area contributed by atoms with Crippen LogP contribution in [-0.2, 0) is 4.74 Å². The van der Waals surface area contributed by atoms with Gasteiger partial charge in [0.05, 0.1) is 29.8 Å². The minimum Gasteiger partial charge on any atom is -0.507 e.